The van der Waals surface area contributed by atoms with E-state index in [0.29, 0.717) is 28.1 Å². The monoisotopic (exact) mass is 453 g/mol. The minimum Gasteiger partial charge on any atom is -0.392 e. The molecular weight excluding hydrogens is 426 g/mol. The molecule has 2 N–H and O–H groups in total. The topological polar surface area (TPSA) is 110 Å². The summed E-state index contributed by atoms with van der Waals surface area (Å²) >= 11 is 1.53. The number of thioether (sulfide) groups is 1. The van der Waals surface area contributed by atoms with E-state index in [2.05, 4.69) is 21.3 Å². The highest BCUT2D eigenvalue weighted by Crippen LogP contribution is 2.30. The SMILES string of the molecule is CC1CN(c2ccc3nccc(C(=O)NCC(=O)N4CSC[C@H]4C#N)c3c2)CC(C)C1O. The van der Waals surface area contributed by atoms with Gasteiger partial charge in [-0.05, 0) is 36.1 Å². The van der Waals surface area contributed by atoms with Crippen LogP contribution >= 0.6 is 11.8 Å². The zero-order valence-corrected chi connectivity index (χ0v) is 19.0. The predicted molar refractivity (Wildman–Crippen MR) is 124 cm³/mol. The normalized spacial score (nSPS) is 25.6. The second-order valence-electron chi connectivity index (χ2n) is 8.60. The number of aliphatic hydroxyl groups is 1. The number of benzene rings is 1. The molecule has 168 valence electrons. The van der Waals surface area contributed by atoms with E-state index in [1.807, 2.05) is 32.0 Å². The van der Waals surface area contributed by atoms with Gasteiger partial charge in [0, 0.05) is 36.1 Å². The minimum absolute atomic E-state index is 0.151. The van der Waals surface area contributed by atoms with Gasteiger partial charge in [-0.1, -0.05) is 13.8 Å². The first-order valence-electron chi connectivity index (χ1n) is 10.8. The van der Waals surface area contributed by atoms with Crippen LogP contribution in [0.2, 0.25) is 0 Å². The van der Waals surface area contributed by atoms with Crippen molar-refractivity contribution in [2.75, 3.05) is 36.2 Å². The molecule has 3 heterocycles. The van der Waals surface area contributed by atoms with Crippen LogP contribution in [0.3, 0.4) is 0 Å². The van der Waals surface area contributed by atoms with Crippen LogP contribution in [0.25, 0.3) is 10.9 Å². The van der Waals surface area contributed by atoms with E-state index in [-0.39, 0.29) is 36.3 Å². The Hall–Kier alpha value is -2.83. The van der Waals surface area contributed by atoms with Gasteiger partial charge < -0.3 is 20.2 Å². The fourth-order valence-corrected chi connectivity index (χ4v) is 5.54. The molecule has 1 aromatic carbocycles. The van der Waals surface area contributed by atoms with Crippen molar-refractivity contribution in [1.29, 1.82) is 5.26 Å². The summed E-state index contributed by atoms with van der Waals surface area (Å²) in [5.74, 6) is 0.758. The van der Waals surface area contributed by atoms with E-state index in [0.717, 1.165) is 18.8 Å². The van der Waals surface area contributed by atoms with E-state index in [9.17, 15) is 20.0 Å². The van der Waals surface area contributed by atoms with Crippen LogP contribution in [0, 0.1) is 23.2 Å². The second-order valence-corrected chi connectivity index (χ2v) is 9.60. The van der Waals surface area contributed by atoms with Gasteiger partial charge >= 0.3 is 0 Å². The highest BCUT2D eigenvalue weighted by molar-refractivity contribution is 7.99. The number of carbonyl (C=O) groups excluding carboxylic acids is 2. The zero-order valence-electron chi connectivity index (χ0n) is 18.2. The number of piperidine rings is 1. The number of rotatable bonds is 4. The van der Waals surface area contributed by atoms with Crippen molar-refractivity contribution in [3.63, 3.8) is 0 Å². The first kappa shape index (κ1) is 22.4. The third kappa shape index (κ3) is 4.38. The lowest BCUT2D eigenvalue weighted by Gasteiger charge is -2.40. The first-order chi connectivity index (χ1) is 15.4. The Bertz CT molecular complexity index is 1060. The third-order valence-corrected chi connectivity index (χ3v) is 7.28. The number of amides is 2. The van der Waals surface area contributed by atoms with Gasteiger partial charge in [0.25, 0.3) is 5.91 Å². The summed E-state index contributed by atoms with van der Waals surface area (Å²) in [6.07, 6.45) is 1.27. The van der Waals surface area contributed by atoms with Gasteiger partial charge in [0.2, 0.25) is 5.91 Å². The van der Waals surface area contributed by atoms with Crippen LogP contribution in [-0.2, 0) is 4.79 Å². The number of nitrogens with zero attached hydrogens (tertiary/aromatic N) is 4. The summed E-state index contributed by atoms with van der Waals surface area (Å²) in [5.41, 5.74) is 2.13. The van der Waals surface area contributed by atoms with Crippen molar-refractivity contribution in [2.24, 2.45) is 11.8 Å². The molecule has 2 unspecified atom stereocenters. The summed E-state index contributed by atoms with van der Waals surface area (Å²) in [4.78, 5) is 33.5. The van der Waals surface area contributed by atoms with Crippen LogP contribution in [-0.4, -0.2) is 70.2 Å². The van der Waals surface area contributed by atoms with E-state index in [1.165, 1.54) is 16.7 Å². The summed E-state index contributed by atoms with van der Waals surface area (Å²) in [7, 11) is 0. The smallest absolute Gasteiger partial charge is 0.252 e. The molecule has 0 saturated carbocycles. The standard InChI is InChI=1S/C23H27N5O3S/c1-14-10-27(11-15(2)22(14)30)16-3-4-20-19(7-16)18(5-6-25-20)23(31)26-9-21(29)28-13-32-12-17(28)8-24/h3-7,14-15,17,22,30H,9-13H2,1-2H3,(H,26,31)/t14?,15?,17-,22?/m1/s1. The Labute approximate surface area is 191 Å². The van der Waals surface area contributed by atoms with E-state index >= 15 is 0 Å². The van der Waals surface area contributed by atoms with Gasteiger partial charge in [-0.15, -0.1) is 11.8 Å². The molecule has 0 radical (unpaired) electrons. The zero-order chi connectivity index (χ0) is 22.8. The molecule has 0 aliphatic carbocycles. The number of aromatic nitrogens is 1. The first-order valence-corrected chi connectivity index (χ1v) is 11.9. The molecule has 2 aliphatic heterocycles. The van der Waals surface area contributed by atoms with Gasteiger partial charge in [0.15, 0.2) is 0 Å². The van der Waals surface area contributed by atoms with Crippen LogP contribution in [0.1, 0.15) is 24.2 Å². The van der Waals surface area contributed by atoms with Crippen LogP contribution in [0.15, 0.2) is 30.5 Å². The van der Waals surface area contributed by atoms with E-state index < -0.39 is 6.04 Å². The highest BCUT2D eigenvalue weighted by Gasteiger charge is 2.31. The van der Waals surface area contributed by atoms with Crippen molar-refractivity contribution < 1.29 is 14.7 Å². The lowest BCUT2D eigenvalue weighted by molar-refractivity contribution is -0.129. The minimum atomic E-state index is -0.443. The van der Waals surface area contributed by atoms with Crippen molar-refractivity contribution in [2.45, 2.75) is 26.0 Å². The molecule has 0 bridgehead atoms. The van der Waals surface area contributed by atoms with Crippen LogP contribution in [0.4, 0.5) is 5.69 Å². The summed E-state index contributed by atoms with van der Waals surface area (Å²) in [6, 6.07) is 9.18. The third-order valence-electron chi connectivity index (χ3n) is 6.27. The van der Waals surface area contributed by atoms with Gasteiger partial charge in [0.05, 0.1) is 35.7 Å². The summed E-state index contributed by atoms with van der Waals surface area (Å²) in [6.45, 7) is 5.41. The number of hydrogen-bond acceptors (Lipinski definition) is 7. The Kier molecular flexibility index (Phi) is 6.53. The number of nitriles is 1. The average Bonchev–Trinajstić information content (AvgIpc) is 3.28. The molecule has 4 rings (SSSR count). The number of carbonyl (C=O) groups is 2. The molecular formula is C23H27N5O3S. The summed E-state index contributed by atoms with van der Waals surface area (Å²) < 4.78 is 0. The number of pyridine rings is 1. The maximum Gasteiger partial charge on any atom is 0.252 e. The quantitative estimate of drug-likeness (QED) is 0.727. The van der Waals surface area contributed by atoms with E-state index in [4.69, 9.17) is 0 Å². The lowest BCUT2D eigenvalue weighted by Crippen LogP contribution is -2.47. The molecule has 0 spiro atoms. The van der Waals surface area contributed by atoms with Gasteiger partial charge in [0.1, 0.15) is 6.04 Å². The second kappa shape index (κ2) is 9.35. The fraction of sp³-hybridized carbons (Fsp3) is 0.478. The number of aliphatic hydroxyl groups excluding tert-OH is 1. The highest BCUT2D eigenvalue weighted by atomic mass is 32.2. The van der Waals surface area contributed by atoms with Crippen molar-refractivity contribution >= 4 is 40.2 Å². The van der Waals surface area contributed by atoms with Gasteiger partial charge in [-0.2, -0.15) is 5.26 Å². The Morgan fingerprint density at radius 1 is 1.28 bits per heavy atom. The molecule has 2 saturated heterocycles. The largest absolute Gasteiger partial charge is 0.392 e. The van der Waals surface area contributed by atoms with Gasteiger partial charge in [-0.3, -0.25) is 14.6 Å². The maximum atomic E-state index is 12.9. The molecule has 32 heavy (non-hydrogen) atoms. The van der Waals surface area contributed by atoms with Crippen molar-refractivity contribution in [3.8, 4) is 6.07 Å². The Morgan fingerprint density at radius 2 is 2.03 bits per heavy atom. The number of hydrogen-bond donors (Lipinski definition) is 2. The van der Waals surface area contributed by atoms with Crippen molar-refractivity contribution in [1.82, 2.24) is 15.2 Å². The van der Waals surface area contributed by atoms with Gasteiger partial charge in [-0.25, -0.2) is 0 Å². The van der Waals surface area contributed by atoms with Crippen molar-refractivity contribution in [3.05, 3.63) is 36.0 Å². The molecule has 9 heteroatoms. The average molecular weight is 454 g/mol. The lowest BCUT2D eigenvalue weighted by atomic mass is 9.88. The predicted octanol–water partition coefficient (Wildman–Crippen LogP) is 1.84. The van der Waals surface area contributed by atoms with Crippen LogP contribution < -0.4 is 10.2 Å². The summed E-state index contributed by atoms with van der Waals surface area (Å²) in [5, 5.41) is 22.9. The molecule has 3 atom stereocenters. The molecule has 2 fully saturated rings. The number of fused-ring (bicyclic) bond motifs is 1. The van der Waals surface area contributed by atoms with E-state index in [1.54, 1.807) is 12.3 Å². The molecule has 2 amide bonds. The fourth-order valence-electron chi connectivity index (χ4n) is 4.43. The molecule has 2 aliphatic rings. The number of nitrogens with one attached hydrogen (secondary N) is 1. The Morgan fingerprint density at radius 3 is 2.75 bits per heavy atom. The van der Waals surface area contributed by atoms with Crippen LogP contribution in [0.5, 0.6) is 0 Å². The molecule has 8 nitrogen and oxygen atoms in total. The Balaban J connectivity index is 1.52. The maximum absolute atomic E-state index is 12.9. The number of anilines is 1. The molecule has 1 aromatic heterocycles. The molecule has 2 aromatic rings.